The summed E-state index contributed by atoms with van der Waals surface area (Å²) in [5, 5.41) is 8.03. The van der Waals surface area contributed by atoms with E-state index >= 15 is 0 Å². The zero-order valence-corrected chi connectivity index (χ0v) is 20.1. The number of nitrogens with one attached hydrogen (secondary N) is 2. The Labute approximate surface area is 207 Å². The summed E-state index contributed by atoms with van der Waals surface area (Å²) in [6.45, 7) is -0.345. The minimum absolute atomic E-state index is 0.345. The number of aryl methyl sites for hydroxylation is 3. The van der Waals surface area contributed by atoms with Crippen molar-refractivity contribution in [1.82, 2.24) is 15.2 Å². The molecule has 178 valence electrons. The summed E-state index contributed by atoms with van der Waals surface area (Å²) in [6, 6.07) is 13.6. The van der Waals surface area contributed by atoms with Gasteiger partial charge in [0.25, 0.3) is 5.91 Å². The largest absolute Gasteiger partial charge is 0.325 e. The lowest BCUT2D eigenvalue weighted by molar-refractivity contribution is -0.134. The first kappa shape index (κ1) is 22.0. The molecule has 7 nitrogen and oxygen atoms in total. The summed E-state index contributed by atoms with van der Waals surface area (Å²) in [7, 11) is 0. The van der Waals surface area contributed by atoms with Gasteiger partial charge in [0, 0.05) is 10.9 Å². The molecule has 4 amide bonds. The van der Waals surface area contributed by atoms with Crippen LogP contribution in [0.3, 0.4) is 0 Å². The van der Waals surface area contributed by atoms with E-state index in [9.17, 15) is 14.4 Å². The first-order chi connectivity index (χ1) is 17.0. The molecule has 1 fully saturated rings. The highest BCUT2D eigenvalue weighted by molar-refractivity contribution is 7.14. The average molecular weight is 487 g/mol. The Balaban J connectivity index is 1.16. The van der Waals surface area contributed by atoms with Crippen LogP contribution in [-0.4, -0.2) is 34.3 Å². The van der Waals surface area contributed by atoms with E-state index < -0.39 is 17.5 Å². The fourth-order valence-corrected chi connectivity index (χ4v) is 6.35. The highest BCUT2D eigenvalue weighted by Gasteiger charge is 2.54. The number of aromatic nitrogens is 1. The van der Waals surface area contributed by atoms with Crippen LogP contribution in [0.4, 0.5) is 9.93 Å². The fourth-order valence-electron chi connectivity index (χ4n) is 5.61. The van der Waals surface area contributed by atoms with Gasteiger partial charge in [0.05, 0.1) is 5.69 Å². The quantitative estimate of drug-likeness (QED) is 0.535. The number of urea groups is 1. The molecule has 0 radical (unpaired) electrons. The first-order valence-corrected chi connectivity index (χ1v) is 13.0. The van der Waals surface area contributed by atoms with Crippen LogP contribution < -0.4 is 10.6 Å². The van der Waals surface area contributed by atoms with Gasteiger partial charge in [-0.25, -0.2) is 9.78 Å². The highest BCUT2D eigenvalue weighted by Crippen LogP contribution is 2.40. The summed E-state index contributed by atoms with van der Waals surface area (Å²) < 4.78 is 0. The third kappa shape index (κ3) is 3.82. The van der Waals surface area contributed by atoms with Crippen LogP contribution in [0.2, 0.25) is 0 Å². The number of benzene rings is 2. The molecular weight excluding hydrogens is 460 g/mol. The summed E-state index contributed by atoms with van der Waals surface area (Å²) in [5.41, 5.74) is 5.46. The van der Waals surface area contributed by atoms with Crippen molar-refractivity contribution in [1.29, 1.82) is 0 Å². The van der Waals surface area contributed by atoms with E-state index in [1.54, 1.807) is 0 Å². The Kier molecular flexibility index (Phi) is 5.40. The Morgan fingerprint density at radius 1 is 1.03 bits per heavy atom. The summed E-state index contributed by atoms with van der Waals surface area (Å²) in [6.07, 6.45) is 6.88. The van der Waals surface area contributed by atoms with Gasteiger partial charge >= 0.3 is 6.03 Å². The standard InChI is InChI=1S/C27H26N4O3S/c32-23(29-25-28-22(16-35-25)20-12-11-17-6-1-2-8-19(17)14-20)15-31-24(33)27(30-26(31)34)13-5-9-18-7-3-4-10-21(18)27/h3-4,7,10-12,14,16H,1-2,5-6,8-9,13,15H2,(H,30,34)(H,28,29,32)/t27-/m0/s1. The summed E-state index contributed by atoms with van der Waals surface area (Å²) in [5.74, 6) is -0.806. The predicted octanol–water partition coefficient (Wildman–Crippen LogP) is 4.41. The lowest BCUT2D eigenvalue weighted by Crippen LogP contribution is -2.47. The molecule has 8 heteroatoms. The van der Waals surface area contributed by atoms with Crippen LogP contribution in [0.1, 0.15) is 47.9 Å². The number of thiazole rings is 1. The molecule has 0 saturated carbocycles. The van der Waals surface area contributed by atoms with Crippen LogP contribution in [0.25, 0.3) is 11.3 Å². The Morgan fingerprint density at radius 2 is 1.83 bits per heavy atom. The van der Waals surface area contributed by atoms with Gasteiger partial charge < -0.3 is 10.6 Å². The predicted molar refractivity (Wildman–Crippen MR) is 134 cm³/mol. The molecule has 0 bridgehead atoms. The van der Waals surface area contributed by atoms with Crippen molar-refractivity contribution in [2.24, 2.45) is 0 Å². The van der Waals surface area contributed by atoms with Crippen LogP contribution in [0, 0.1) is 0 Å². The maximum Gasteiger partial charge on any atom is 0.325 e. The minimum atomic E-state index is -1.08. The van der Waals surface area contributed by atoms with Gasteiger partial charge in [-0.1, -0.05) is 36.4 Å². The van der Waals surface area contributed by atoms with E-state index in [1.807, 2.05) is 29.6 Å². The second-order valence-electron chi connectivity index (χ2n) is 9.51. The number of nitrogens with zero attached hydrogens (tertiary/aromatic N) is 2. The average Bonchev–Trinajstić information content (AvgIpc) is 3.43. The molecule has 2 N–H and O–H groups in total. The maximum atomic E-state index is 13.4. The summed E-state index contributed by atoms with van der Waals surface area (Å²) in [4.78, 5) is 44.6. The maximum absolute atomic E-state index is 13.4. The second-order valence-corrected chi connectivity index (χ2v) is 10.4. The first-order valence-electron chi connectivity index (χ1n) is 12.1. The Hall–Kier alpha value is -3.52. The van der Waals surface area contributed by atoms with Gasteiger partial charge in [-0.3, -0.25) is 14.5 Å². The molecule has 1 saturated heterocycles. The highest BCUT2D eigenvalue weighted by atomic mass is 32.1. The van der Waals surface area contributed by atoms with Gasteiger partial charge in [-0.2, -0.15) is 0 Å². The van der Waals surface area contributed by atoms with Crippen molar-refractivity contribution in [3.8, 4) is 11.3 Å². The van der Waals surface area contributed by atoms with Crippen LogP contribution in [0.5, 0.6) is 0 Å². The third-order valence-corrected chi connectivity index (χ3v) is 8.10. The third-order valence-electron chi connectivity index (χ3n) is 7.35. The van der Waals surface area contributed by atoms with Crippen molar-refractivity contribution < 1.29 is 14.4 Å². The van der Waals surface area contributed by atoms with Gasteiger partial charge in [0.15, 0.2) is 5.13 Å². The zero-order chi connectivity index (χ0) is 24.0. The number of imide groups is 1. The smallest absolute Gasteiger partial charge is 0.319 e. The molecule has 1 spiro atoms. The molecule has 35 heavy (non-hydrogen) atoms. The molecule has 3 aromatic rings. The van der Waals surface area contributed by atoms with Gasteiger partial charge in [-0.05, 0) is 73.3 Å². The van der Waals surface area contributed by atoms with E-state index in [2.05, 4.69) is 33.8 Å². The summed E-state index contributed by atoms with van der Waals surface area (Å²) >= 11 is 1.33. The van der Waals surface area contributed by atoms with Gasteiger partial charge in [0.1, 0.15) is 12.1 Å². The van der Waals surface area contributed by atoms with Crippen LogP contribution in [-0.2, 0) is 34.4 Å². The fraction of sp³-hybridized carbons (Fsp3) is 0.333. The number of rotatable bonds is 4. The Bertz CT molecular complexity index is 1350. The van der Waals surface area contributed by atoms with Crippen molar-refractivity contribution in [3.05, 3.63) is 70.1 Å². The topological polar surface area (TPSA) is 91.4 Å². The molecule has 3 aliphatic rings. The molecule has 1 atom stereocenters. The van der Waals surface area contributed by atoms with E-state index in [0.717, 1.165) is 53.0 Å². The number of anilines is 1. The molecular formula is C27H26N4O3S. The Morgan fingerprint density at radius 3 is 2.71 bits per heavy atom. The molecule has 1 aliphatic heterocycles. The second kappa shape index (κ2) is 8.61. The molecule has 2 aromatic carbocycles. The monoisotopic (exact) mass is 486 g/mol. The van der Waals surface area contributed by atoms with Crippen molar-refractivity contribution in [2.45, 2.75) is 50.5 Å². The number of fused-ring (bicyclic) bond motifs is 3. The van der Waals surface area contributed by atoms with Gasteiger partial charge in [0.2, 0.25) is 5.91 Å². The minimum Gasteiger partial charge on any atom is -0.319 e. The van der Waals surface area contributed by atoms with E-state index in [4.69, 9.17) is 0 Å². The van der Waals surface area contributed by atoms with Crippen LogP contribution in [0.15, 0.2) is 47.8 Å². The van der Waals surface area contributed by atoms with Crippen molar-refractivity contribution in [3.63, 3.8) is 0 Å². The van der Waals surface area contributed by atoms with E-state index in [0.29, 0.717) is 11.6 Å². The lowest BCUT2D eigenvalue weighted by Gasteiger charge is -2.33. The van der Waals surface area contributed by atoms with Crippen molar-refractivity contribution in [2.75, 3.05) is 11.9 Å². The van der Waals surface area contributed by atoms with E-state index in [-0.39, 0.29) is 12.5 Å². The van der Waals surface area contributed by atoms with Gasteiger partial charge in [-0.15, -0.1) is 11.3 Å². The lowest BCUT2D eigenvalue weighted by atomic mass is 9.76. The molecule has 1 aromatic heterocycles. The normalized spacial score (nSPS) is 21.0. The number of amides is 4. The van der Waals surface area contributed by atoms with Crippen molar-refractivity contribution >= 4 is 34.3 Å². The van der Waals surface area contributed by atoms with E-state index in [1.165, 1.54) is 35.3 Å². The number of carbonyl (C=O) groups is 3. The number of hydrogen-bond donors (Lipinski definition) is 2. The molecule has 2 heterocycles. The SMILES string of the molecule is O=C(CN1C(=O)N[C@]2(CCCc3ccccc32)C1=O)Nc1nc(-c2ccc3c(c2)CCCC3)cs1. The molecule has 6 rings (SSSR count). The number of hydrogen-bond acceptors (Lipinski definition) is 5. The van der Waals surface area contributed by atoms with Crippen LogP contribution >= 0.6 is 11.3 Å². The number of carbonyl (C=O) groups excluding carboxylic acids is 3. The molecule has 0 unspecified atom stereocenters. The molecule has 2 aliphatic carbocycles. The zero-order valence-electron chi connectivity index (χ0n) is 19.3.